The highest BCUT2D eigenvalue weighted by atomic mass is 16.6. The van der Waals surface area contributed by atoms with Crippen molar-refractivity contribution >= 4 is 5.91 Å². The minimum absolute atomic E-state index is 0.143. The summed E-state index contributed by atoms with van der Waals surface area (Å²) in [5, 5.41) is 19.8. The van der Waals surface area contributed by atoms with Crippen molar-refractivity contribution in [3.05, 3.63) is 35.3 Å². The van der Waals surface area contributed by atoms with Gasteiger partial charge in [-0.25, -0.2) is 9.61 Å². The van der Waals surface area contributed by atoms with Gasteiger partial charge < -0.3 is 15.2 Å². The number of aliphatic hydroxyl groups is 1. The molecule has 122 valence electrons. The van der Waals surface area contributed by atoms with E-state index in [2.05, 4.69) is 25.2 Å². The number of rotatable bonds is 5. The molecular formula is C15H18N4O4. The van der Waals surface area contributed by atoms with Crippen LogP contribution < -0.4 is 10.1 Å². The van der Waals surface area contributed by atoms with Crippen LogP contribution in [-0.2, 0) is 0 Å². The van der Waals surface area contributed by atoms with Crippen LogP contribution in [0, 0.1) is 12.8 Å². The van der Waals surface area contributed by atoms with Gasteiger partial charge in [-0.2, -0.15) is 0 Å². The van der Waals surface area contributed by atoms with Gasteiger partial charge in [-0.15, -0.1) is 0 Å². The number of hydrogen-bond donors (Lipinski definition) is 2. The molecule has 1 amide bonds. The zero-order valence-electron chi connectivity index (χ0n) is 12.9. The molecule has 3 rings (SSSR count). The monoisotopic (exact) mass is 318 g/mol. The van der Waals surface area contributed by atoms with Crippen molar-refractivity contribution in [2.45, 2.75) is 31.9 Å². The number of nitrogens with one attached hydrogen (secondary N) is 1. The molecule has 0 radical (unpaired) electrons. The largest absolute Gasteiger partial charge is 0.481 e. The predicted octanol–water partition coefficient (Wildman–Crippen LogP) is 1.02. The first-order chi connectivity index (χ1) is 11.1. The summed E-state index contributed by atoms with van der Waals surface area (Å²) < 4.78 is 9.63. The van der Waals surface area contributed by atoms with E-state index in [0.29, 0.717) is 24.4 Å². The Hall–Kier alpha value is -2.48. The van der Waals surface area contributed by atoms with E-state index in [4.69, 9.17) is 4.74 Å². The van der Waals surface area contributed by atoms with E-state index in [9.17, 15) is 9.90 Å². The summed E-state index contributed by atoms with van der Waals surface area (Å²) in [6.45, 7) is 1.66. The molecule has 0 aliphatic heterocycles. The summed E-state index contributed by atoms with van der Waals surface area (Å²) >= 11 is 0. The predicted molar refractivity (Wildman–Crippen MR) is 78.8 cm³/mol. The number of amides is 1. The molecule has 0 bridgehead atoms. The molecule has 1 fully saturated rings. The number of carbonyl (C=O) groups excluding carboxylic acids is 1. The zero-order valence-corrected chi connectivity index (χ0v) is 12.9. The second-order valence-corrected chi connectivity index (χ2v) is 5.67. The molecule has 2 aromatic rings. The number of carbonyl (C=O) groups is 1. The molecule has 8 heteroatoms. The maximum Gasteiger partial charge on any atom is 0.275 e. The van der Waals surface area contributed by atoms with Crippen LogP contribution in [0.25, 0.3) is 0 Å². The number of aliphatic hydroxyl groups excluding tert-OH is 1. The Morgan fingerprint density at radius 3 is 2.74 bits per heavy atom. The van der Waals surface area contributed by atoms with Gasteiger partial charge in [0.05, 0.1) is 19.3 Å². The molecule has 1 saturated carbocycles. The van der Waals surface area contributed by atoms with Crippen molar-refractivity contribution in [2.24, 2.45) is 5.92 Å². The Morgan fingerprint density at radius 1 is 1.43 bits per heavy atom. The van der Waals surface area contributed by atoms with Gasteiger partial charge in [0.25, 0.3) is 5.91 Å². The summed E-state index contributed by atoms with van der Waals surface area (Å²) in [7, 11) is 1.55. The second-order valence-electron chi connectivity index (χ2n) is 5.67. The van der Waals surface area contributed by atoms with E-state index < -0.39 is 0 Å². The minimum Gasteiger partial charge on any atom is -0.481 e. The van der Waals surface area contributed by atoms with Gasteiger partial charge in [-0.3, -0.25) is 4.79 Å². The first kappa shape index (κ1) is 15.4. The third kappa shape index (κ3) is 3.16. The third-order valence-corrected chi connectivity index (χ3v) is 4.10. The topological polar surface area (TPSA) is 110 Å². The van der Waals surface area contributed by atoms with Crippen molar-refractivity contribution in [2.75, 3.05) is 7.11 Å². The van der Waals surface area contributed by atoms with E-state index in [-0.39, 0.29) is 29.7 Å². The summed E-state index contributed by atoms with van der Waals surface area (Å²) in [5.41, 5.74) is 1.45. The number of nitrogens with zero attached hydrogens (tertiary/aromatic N) is 3. The van der Waals surface area contributed by atoms with Gasteiger partial charge in [0.1, 0.15) is 5.69 Å². The molecule has 23 heavy (non-hydrogen) atoms. The van der Waals surface area contributed by atoms with Gasteiger partial charge in [0, 0.05) is 12.3 Å². The van der Waals surface area contributed by atoms with Crippen molar-refractivity contribution in [3.8, 4) is 5.88 Å². The number of hydrogen-bond acceptors (Lipinski definition) is 7. The highest BCUT2D eigenvalue weighted by Gasteiger charge is 2.36. The van der Waals surface area contributed by atoms with Gasteiger partial charge in [-0.05, 0) is 36.4 Å². The van der Waals surface area contributed by atoms with Gasteiger partial charge in [0.2, 0.25) is 5.88 Å². The normalized spacial score (nSPS) is 21.3. The van der Waals surface area contributed by atoms with Crippen molar-refractivity contribution < 1.29 is 19.3 Å². The standard InChI is InChI=1S/C15H18N4O4/c1-8-13(19-23-18-8)15(21)17-14(10-5-11(20)6-10)9-3-4-12(22-2)16-7-9/h3-4,7,10-11,14,20H,5-6H2,1-2H3,(H,17,21)/t10?,11?,14-/m1/s1. The van der Waals surface area contributed by atoms with Crippen LogP contribution in [0.3, 0.4) is 0 Å². The van der Waals surface area contributed by atoms with E-state index in [1.807, 2.05) is 6.07 Å². The molecule has 0 aromatic carbocycles. The second kappa shape index (κ2) is 6.33. The Bertz CT molecular complexity index is 679. The van der Waals surface area contributed by atoms with Crippen LogP contribution in [0.2, 0.25) is 0 Å². The Morgan fingerprint density at radius 2 is 2.22 bits per heavy atom. The average molecular weight is 318 g/mol. The van der Waals surface area contributed by atoms with Crippen LogP contribution in [0.5, 0.6) is 5.88 Å². The van der Waals surface area contributed by atoms with E-state index in [0.717, 1.165) is 5.56 Å². The number of aryl methyl sites for hydroxylation is 1. The van der Waals surface area contributed by atoms with Gasteiger partial charge >= 0.3 is 0 Å². The minimum atomic E-state index is -0.356. The molecule has 2 N–H and O–H groups in total. The maximum absolute atomic E-state index is 12.4. The fourth-order valence-electron chi connectivity index (χ4n) is 2.72. The molecule has 1 atom stereocenters. The summed E-state index contributed by atoms with van der Waals surface area (Å²) in [4.78, 5) is 16.6. The van der Waals surface area contributed by atoms with Crippen molar-refractivity contribution in [1.29, 1.82) is 0 Å². The lowest BCUT2D eigenvalue weighted by atomic mass is 9.75. The quantitative estimate of drug-likeness (QED) is 0.847. The summed E-state index contributed by atoms with van der Waals surface area (Å²) in [6.07, 6.45) is 2.61. The SMILES string of the molecule is COc1ccc([C@@H](NC(=O)c2nonc2C)C2CC(O)C2)cn1. The Balaban J connectivity index is 1.80. The highest BCUT2D eigenvalue weighted by molar-refractivity contribution is 5.93. The molecule has 0 saturated heterocycles. The smallest absolute Gasteiger partial charge is 0.275 e. The Labute approximate surface area is 132 Å². The van der Waals surface area contributed by atoms with Crippen LogP contribution in [0.4, 0.5) is 0 Å². The summed E-state index contributed by atoms with van der Waals surface area (Å²) in [5.74, 6) is 0.291. The molecule has 8 nitrogen and oxygen atoms in total. The lowest BCUT2D eigenvalue weighted by Crippen LogP contribution is -2.41. The molecule has 2 heterocycles. The lowest BCUT2D eigenvalue weighted by molar-refractivity contribution is 0.0233. The molecule has 1 aliphatic rings. The fourth-order valence-corrected chi connectivity index (χ4v) is 2.72. The number of methoxy groups -OCH3 is 1. The van der Waals surface area contributed by atoms with Crippen LogP contribution in [0.15, 0.2) is 23.0 Å². The lowest BCUT2D eigenvalue weighted by Gasteiger charge is -2.38. The van der Waals surface area contributed by atoms with Crippen LogP contribution in [0.1, 0.15) is 40.6 Å². The molecule has 1 aliphatic carbocycles. The zero-order chi connectivity index (χ0) is 16.4. The van der Waals surface area contributed by atoms with Gasteiger partial charge in [-0.1, -0.05) is 11.2 Å². The molecule has 0 spiro atoms. The molecule has 0 unspecified atom stereocenters. The summed E-state index contributed by atoms with van der Waals surface area (Å²) in [6, 6.07) is 3.34. The molecule has 2 aromatic heterocycles. The van der Waals surface area contributed by atoms with Crippen LogP contribution in [-0.4, -0.2) is 39.5 Å². The first-order valence-electron chi connectivity index (χ1n) is 7.36. The van der Waals surface area contributed by atoms with Gasteiger partial charge in [0.15, 0.2) is 5.69 Å². The van der Waals surface area contributed by atoms with E-state index >= 15 is 0 Å². The average Bonchev–Trinajstić information content (AvgIpc) is 2.96. The van der Waals surface area contributed by atoms with Crippen molar-refractivity contribution in [1.82, 2.24) is 20.6 Å². The number of ether oxygens (including phenoxy) is 1. The van der Waals surface area contributed by atoms with Crippen molar-refractivity contribution in [3.63, 3.8) is 0 Å². The molecular weight excluding hydrogens is 300 g/mol. The van der Waals surface area contributed by atoms with E-state index in [1.165, 1.54) is 0 Å². The fraction of sp³-hybridized carbons (Fsp3) is 0.467. The van der Waals surface area contributed by atoms with E-state index in [1.54, 1.807) is 26.3 Å². The highest BCUT2D eigenvalue weighted by Crippen LogP contribution is 2.38. The number of pyridine rings is 1. The third-order valence-electron chi connectivity index (χ3n) is 4.10. The maximum atomic E-state index is 12.4. The first-order valence-corrected chi connectivity index (χ1v) is 7.36. The number of aromatic nitrogens is 3. The Kier molecular flexibility index (Phi) is 4.24. The van der Waals surface area contributed by atoms with Crippen LogP contribution >= 0.6 is 0 Å².